The molecule has 1 aromatic heterocycles. The van der Waals surface area contributed by atoms with Crippen molar-refractivity contribution in [1.29, 1.82) is 0 Å². The van der Waals surface area contributed by atoms with Gasteiger partial charge in [0.25, 0.3) is 5.56 Å². The molecule has 0 amide bonds. The number of benzene rings is 2. The number of hydrogen-bond donors (Lipinski definition) is 2. The maximum Gasteiger partial charge on any atom is 0.326 e. The summed E-state index contributed by atoms with van der Waals surface area (Å²) in [6.45, 7) is 0. The summed E-state index contributed by atoms with van der Waals surface area (Å²) in [6, 6.07) is 9.92. The van der Waals surface area contributed by atoms with Gasteiger partial charge in [-0.1, -0.05) is 18.2 Å². The number of H-pyrrole nitrogens is 2. The molecule has 0 saturated carbocycles. The van der Waals surface area contributed by atoms with Crippen molar-refractivity contribution in [2.45, 2.75) is 0 Å². The summed E-state index contributed by atoms with van der Waals surface area (Å²) in [5.74, 6) is -0.203. The molecule has 21 heavy (non-hydrogen) atoms. The second-order valence-corrected chi connectivity index (χ2v) is 4.46. The number of fused-ring (bicyclic) bond motifs is 1. The van der Waals surface area contributed by atoms with Gasteiger partial charge in [0, 0.05) is 11.1 Å². The summed E-state index contributed by atoms with van der Waals surface area (Å²) in [5.41, 5.74) is -0.512. The minimum absolute atomic E-state index is 0.153. The molecule has 0 aliphatic rings. The second-order valence-electron chi connectivity index (χ2n) is 4.46. The quantitative estimate of drug-likeness (QED) is 0.757. The van der Waals surface area contributed by atoms with Crippen molar-refractivity contribution in [2.75, 3.05) is 7.11 Å². The Hall–Kier alpha value is -2.89. The number of aromatic amines is 2. The molecule has 0 bridgehead atoms. The van der Waals surface area contributed by atoms with E-state index < -0.39 is 17.1 Å². The summed E-state index contributed by atoms with van der Waals surface area (Å²) in [4.78, 5) is 27.4. The maximum atomic E-state index is 14.7. The van der Waals surface area contributed by atoms with Gasteiger partial charge in [0.2, 0.25) is 0 Å². The van der Waals surface area contributed by atoms with Gasteiger partial charge in [-0.05, 0) is 18.2 Å². The van der Waals surface area contributed by atoms with Crippen molar-refractivity contribution in [3.8, 4) is 16.9 Å². The predicted molar refractivity (Wildman–Crippen MR) is 77.1 cm³/mol. The van der Waals surface area contributed by atoms with E-state index in [4.69, 9.17) is 4.74 Å². The van der Waals surface area contributed by atoms with E-state index >= 15 is 0 Å². The minimum Gasteiger partial charge on any atom is -0.496 e. The molecular weight excluding hydrogens is 275 g/mol. The monoisotopic (exact) mass is 286 g/mol. The fourth-order valence-electron chi connectivity index (χ4n) is 2.30. The van der Waals surface area contributed by atoms with E-state index in [0.717, 1.165) is 0 Å². The van der Waals surface area contributed by atoms with Crippen LogP contribution in [-0.4, -0.2) is 17.1 Å². The molecule has 0 aliphatic carbocycles. The van der Waals surface area contributed by atoms with Crippen molar-refractivity contribution in [2.24, 2.45) is 0 Å². The van der Waals surface area contributed by atoms with Gasteiger partial charge >= 0.3 is 5.69 Å². The van der Waals surface area contributed by atoms with Crippen LogP contribution in [0.25, 0.3) is 22.0 Å². The lowest BCUT2D eigenvalue weighted by Gasteiger charge is -2.10. The summed E-state index contributed by atoms with van der Waals surface area (Å²) >= 11 is 0. The lowest BCUT2D eigenvalue weighted by Crippen LogP contribution is -2.22. The Bertz CT molecular complexity index is 944. The zero-order chi connectivity index (χ0) is 15.0. The van der Waals surface area contributed by atoms with Crippen LogP contribution in [0.3, 0.4) is 0 Å². The molecule has 3 aromatic rings. The van der Waals surface area contributed by atoms with Crippen LogP contribution in [0.5, 0.6) is 5.75 Å². The van der Waals surface area contributed by atoms with Gasteiger partial charge in [-0.15, -0.1) is 0 Å². The van der Waals surface area contributed by atoms with Crippen molar-refractivity contribution in [3.05, 3.63) is 63.1 Å². The Morgan fingerprint density at radius 2 is 1.76 bits per heavy atom. The van der Waals surface area contributed by atoms with Crippen LogP contribution in [0.2, 0.25) is 0 Å². The first-order valence-corrected chi connectivity index (χ1v) is 6.20. The summed E-state index contributed by atoms with van der Waals surface area (Å²) < 4.78 is 19.9. The molecule has 2 N–H and O–H groups in total. The van der Waals surface area contributed by atoms with Gasteiger partial charge in [-0.3, -0.25) is 9.78 Å². The molecule has 0 aliphatic heterocycles. The lowest BCUT2D eigenvalue weighted by molar-refractivity contribution is 0.416. The first kappa shape index (κ1) is 13.1. The number of rotatable bonds is 2. The Balaban J connectivity index is 2.38. The Labute approximate surface area is 118 Å². The van der Waals surface area contributed by atoms with Crippen LogP contribution < -0.4 is 16.0 Å². The topological polar surface area (TPSA) is 75.0 Å². The molecular formula is C15H11FN2O3. The minimum atomic E-state index is -0.761. The highest BCUT2D eigenvalue weighted by molar-refractivity contribution is 5.86. The highest BCUT2D eigenvalue weighted by Crippen LogP contribution is 2.33. The first-order valence-electron chi connectivity index (χ1n) is 6.20. The van der Waals surface area contributed by atoms with E-state index in [0.29, 0.717) is 11.3 Å². The van der Waals surface area contributed by atoms with Gasteiger partial charge in [0.1, 0.15) is 11.6 Å². The molecule has 0 saturated heterocycles. The SMILES string of the molecule is COc1ccccc1-c1ccc2[nH]c(=O)[nH]c(=O)c2c1F. The molecule has 0 fully saturated rings. The highest BCUT2D eigenvalue weighted by atomic mass is 19.1. The highest BCUT2D eigenvalue weighted by Gasteiger charge is 2.15. The van der Waals surface area contributed by atoms with E-state index in [1.807, 2.05) is 4.98 Å². The number of para-hydroxylation sites is 1. The molecule has 6 heteroatoms. The number of aromatic nitrogens is 2. The van der Waals surface area contributed by atoms with Crippen LogP contribution in [-0.2, 0) is 0 Å². The molecule has 0 spiro atoms. The van der Waals surface area contributed by atoms with E-state index in [1.54, 1.807) is 24.3 Å². The molecule has 1 heterocycles. The third kappa shape index (κ3) is 2.10. The largest absolute Gasteiger partial charge is 0.496 e. The number of hydrogen-bond acceptors (Lipinski definition) is 3. The normalized spacial score (nSPS) is 10.8. The van der Waals surface area contributed by atoms with Crippen molar-refractivity contribution in [3.63, 3.8) is 0 Å². The van der Waals surface area contributed by atoms with Crippen molar-refractivity contribution < 1.29 is 9.13 Å². The van der Waals surface area contributed by atoms with Crippen LogP contribution >= 0.6 is 0 Å². The molecule has 106 valence electrons. The average Bonchev–Trinajstić information content (AvgIpc) is 2.47. The zero-order valence-corrected chi connectivity index (χ0v) is 11.1. The molecule has 5 nitrogen and oxygen atoms in total. The molecule has 0 radical (unpaired) electrons. The van der Waals surface area contributed by atoms with Gasteiger partial charge in [-0.25, -0.2) is 9.18 Å². The number of halogens is 1. The third-order valence-corrected chi connectivity index (χ3v) is 3.24. The lowest BCUT2D eigenvalue weighted by atomic mass is 10.0. The Kier molecular flexibility index (Phi) is 3.06. The maximum absolute atomic E-state index is 14.7. The van der Waals surface area contributed by atoms with E-state index in [1.165, 1.54) is 19.2 Å². The number of nitrogens with one attached hydrogen (secondary N) is 2. The summed E-state index contributed by atoms with van der Waals surface area (Å²) in [5, 5.41) is -0.182. The first-order chi connectivity index (χ1) is 10.1. The van der Waals surface area contributed by atoms with Crippen molar-refractivity contribution in [1.82, 2.24) is 9.97 Å². The fourth-order valence-corrected chi connectivity index (χ4v) is 2.30. The standard InChI is InChI=1S/C15H11FN2O3/c1-21-11-5-3-2-4-8(11)9-6-7-10-12(13(9)16)14(19)18-15(20)17-10/h2-7H,1H3,(H2,17,18,19,20). The molecule has 0 unspecified atom stereocenters. The summed E-state index contributed by atoms with van der Waals surface area (Å²) in [7, 11) is 1.49. The Morgan fingerprint density at radius 1 is 1.00 bits per heavy atom. The smallest absolute Gasteiger partial charge is 0.326 e. The third-order valence-electron chi connectivity index (χ3n) is 3.24. The predicted octanol–water partition coefficient (Wildman–Crippen LogP) is 2.03. The number of methoxy groups -OCH3 is 1. The molecule has 0 atom stereocenters. The van der Waals surface area contributed by atoms with E-state index in [9.17, 15) is 14.0 Å². The zero-order valence-electron chi connectivity index (χ0n) is 11.1. The second kappa shape index (κ2) is 4.90. The Morgan fingerprint density at radius 3 is 2.52 bits per heavy atom. The number of ether oxygens (including phenoxy) is 1. The molecule has 3 rings (SSSR count). The van der Waals surface area contributed by atoms with E-state index in [-0.39, 0.29) is 16.5 Å². The molecule has 2 aromatic carbocycles. The van der Waals surface area contributed by atoms with Gasteiger partial charge < -0.3 is 9.72 Å². The van der Waals surface area contributed by atoms with Gasteiger partial charge in [0.15, 0.2) is 0 Å². The van der Waals surface area contributed by atoms with E-state index in [2.05, 4.69) is 4.98 Å². The van der Waals surface area contributed by atoms with Crippen LogP contribution in [0.1, 0.15) is 0 Å². The average molecular weight is 286 g/mol. The fraction of sp³-hybridized carbons (Fsp3) is 0.0667. The van der Waals surface area contributed by atoms with Crippen LogP contribution in [0.15, 0.2) is 46.0 Å². The summed E-state index contributed by atoms with van der Waals surface area (Å²) in [6.07, 6.45) is 0. The van der Waals surface area contributed by atoms with Gasteiger partial charge in [0.05, 0.1) is 18.0 Å². The van der Waals surface area contributed by atoms with Crippen LogP contribution in [0.4, 0.5) is 4.39 Å². The van der Waals surface area contributed by atoms with Gasteiger partial charge in [-0.2, -0.15) is 0 Å². The van der Waals surface area contributed by atoms with Crippen molar-refractivity contribution >= 4 is 10.9 Å². The van der Waals surface area contributed by atoms with Crippen LogP contribution in [0, 0.1) is 5.82 Å².